The van der Waals surface area contributed by atoms with Crippen LogP contribution in [-0.2, 0) is 10.2 Å². The van der Waals surface area contributed by atoms with E-state index in [1.54, 1.807) is 0 Å². The third-order valence-electron chi connectivity index (χ3n) is 3.60. The summed E-state index contributed by atoms with van der Waals surface area (Å²) in [6.07, 6.45) is 2.07. The molecule has 6 heteroatoms. The Hall–Kier alpha value is -0.170. The number of aliphatic hydroxyl groups is 1. The van der Waals surface area contributed by atoms with Gasteiger partial charge in [-0.05, 0) is 18.8 Å². The van der Waals surface area contributed by atoms with E-state index < -0.39 is 15.8 Å². The van der Waals surface area contributed by atoms with Gasteiger partial charge in [-0.2, -0.15) is 17.0 Å². The van der Waals surface area contributed by atoms with Gasteiger partial charge < -0.3 is 5.11 Å². The zero-order valence-electron chi connectivity index (χ0n) is 9.89. The molecule has 0 spiro atoms. The summed E-state index contributed by atoms with van der Waals surface area (Å²) in [7, 11) is -3.33. The van der Waals surface area contributed by atoms with Crippen molar-refractivity contribution in [2.24, 2.45) is 5.92 Å². The Kier molecular flexibility index (Phi) is 3.03. The second kappa shape index (κ2) is 3.94. The molecule has 0 bridgehead atoms. The summed E-state index contributed by atoms with van der Waals surface area (Å²) in [6.45, 7) is 5.17. The first-order valence-electron chi connectivity index (χ1n) is 5.91. The molecule has 0 aromatic rings. The number of hydrogen-bond donors (Lipinski definition) is 1. The summed E-state index contributed by atoms with van der Waals surface area (Å²) in [5.41, 5.74) is -0.736. The van der Waals surface area contributed by atoms with E-state index in [1.807, 2.05) is 13.8 Å². The molecule has 1 saturated carbocycles. The van der Waals surface area contributed by atoms with E-state index in [0.29, 0.717) is 19.0 Å². The number of rotatable bonds is 5. The fraction of sp³-hybridized carbons (Fsp3) is 1.00. The van der Waals surface area contributed by atoms with Gasteiger partial charge in [0.2, 0.25) is 0 Å². The Labute approximate surface area is 97.2 Å². The molecule has 1 N–H and O–H groups in total. The Morgan fingerprint density at radius 2 is 1.81 bits per heavy atom. The molecule has 94 valence electrons. The zero-order chi connectivity index (χ0) is 12.0. The first-order valence-corrected chi connectivity index (χ1v) is 7.31. The van der Waals surface area contributed by atoms with Crippen LogP contribution in [0.4, 0.5) is 0 Å². The average molecular weight is 248 g/mol. The maximum Gasteiger partial charge on any atom is 0.282 e. The van der Waals surface area contributed by atoms with Gasteiger partial charge in [-0.3, -0.25) is 0 Å². The standard InChI is InChI=1S/C10H20N2O3S/c1-3-11(4-2)16(14,15)12-7-10(13,8-12)9-5-6-9/h9,13H,3-8H2,1-2H3. The van der Waals surface area contributed by atoms with Gasteiger partial charge in [0.25, 0.3) is 10.2 Å². The molecular formula is C10H20N2O3S. The van der Waals surface area contributed by atoms with E-state index in [-0.39, 0.29) is 13.1 Å². The summed E-state index contributed by atoms with van der Waals surface area (Å²) in [6, 6.07) is 0. The van der Waals surface area contributed by atoms with Gasteiger partial charge in [0.1, 0.15) is 0 Å². The maximum absolute atomic E-state index is 12.0. The van der Waals surface area contributed by atoms with Crippen LogP contribution in [0, 0.1) is 5.92 Å². The van der Waals surface area contributed by atoms with Crippen molar-refractivity contribution < 1.29 is 13.5 Å². The first kappa shape index (κ1) is 12.3. The molecule has 0 aromatic carbocycles. The summed E-state index contributed by atoms with van der Waals surface area (Å²) in [4.78, 5) is 0. The number of β-amino-alcohol motifs (C(OH)–C–C–N with tert-alkyl or cyclic N) is 1. The highest BCUT2D eigenvalue weighted by atomic mass is 32.2. The molecule has 1 heterocycles. The fourth-order valence-electron chi connectivity index (χ4n) is 2.32. The lowest BCUT2D eigenvalue weighted by molar-refractivity contribution is -0.0784. The molecule has 5 nitrogen and oxygen atoms in total. The Bertz CT molecular complexity index is 354. The van der Waals surface area contributed by atoms with Crippen LogP contribution in [0.15, 0.2) is 0 Å². The minimum atomic E-state index is -3.33. The lowest BCUT2D eigenvalue weighted by atomic mass is 9.91. The predicted molar refractivity (Wildman–Crippen MR) is 61.1 cm³/mol. The molecule has 0 amide bonds. The third-order valence-corrected chi connectivity index (χ3v) is 5.68. The minimum Gasteiger partial charge on any atom is -0.387 e. The van der Waals surface area contributed by atoms with E-state index >= 15 is 0 Å². The lowest BCUT2D eigenvalue weighted by Gasteiger charge is -2.47. The van der Waals surface area contributed by atoms with Crippen molar-refractivity contribution >= 4 is 10.2 Å². The molecule has 16 heavy (non-hydrogen) atoms. The van der Waals surface area contributed by atoms with E-state index in [1.165, 1.54) is 8.61 Å². The molecular weight excluding hydrogens is 228 g/mol. The fourth-order valence-corrected chi connectivity index (χ4v) is 4.07. The summed E-state index contributed by atoms with van der Waals surface area (Å²) in [5, 5.41) is 10.1. The Balaban J connectivity index is 2.00. The molecule has 2 fully saturated rings. The molecule has 0 unspecified atom stereocenters. The van der Waals surface area contributed by atoms with Crippen molar-refractivity contribution in [1.82, 2.24) is 8.61 Å². The van der Waals surface area contributed by atoms with Gasteiger partial charge in [-0.25, -0.2) is 0 Å². The molecule has 0 radical (unpaired) electrons. The normalized spacial score (nSPS) is 25.8. The second-order valence-corrected chi connectivity index (χ2v) is 6.67. The van der Waals surface area contributed by atoms with Gasteiger partial charge in [-0.15, -0.1) is 0 Å². The van der Waals surface area contributed by atoms with Crippen LogP contribution in [-0.4, -0.2) is 53.9 Å². The van der Waals surface area contributed by atoms with Crippen LogP contribution >= 0.6 is 0 Å². The largest absolute Gasteiger partial charge is 0.387 e. The number of hydrogen-bond acceptors (Lipinski definition) is 3. The van der Waals surface area contributed by atoms with Crippen LogP contribution in [0.2, 0.25) is 0 Å². The van der Waals surface area contributed by atoms with Crippen LogP contribution in [0.5, 0.6) is 0 Å². The van der Waals surface area contributed by atoms with E-state index in [2.05, 4.69) is 0 Å². The zero-order valence-corrected chi connectivity index (χ0v) is 10.7. The molecule has 2 aliphatic rings. The average Bonchev–Trinajstić information content (AvgIpc) is 2.97. The van der Waals surface area contributed by atoms with Gasteiger partial charge in [0, 0.05) is 26.2 Å². The van der Waals surface area contributed by atoms with Gasteiger partial charge in [0.05, 0.1) is 5.60 Å². The molecule has 1 aliphatic heterocycles. The van der Waals surface area contributed by atoms with Crippen molar-refractivity contribution in [2.45, 2.75) is 32.3 Å². The summed E-state index contributed by atoms with van der Waals surface area (Å²) in [5.74, 6) is 0.329. The summed E-state index contributed by atoms with van der Waals surface area (Å²) < 4.78 is 26.9. The topological polar surface area (TPSA) is 60.9 Å². The molecule has 0 atom stereocenters. The van der Waals surface area contributed by atoms with Crippen molar-refractivity contribution in [3.63, 3.8) is 0 Å². The smallest absolute Gasteiger partial charge is 0.282 e. The number of nitrogens with zero attached hydrogens (tertiary/aromatic N) is 2. The van der Waals surface area contributed by atoms with Crippen molar-refractivity contribution in [2.75, 3.05) is 26.2 Å². The lowest BCUT2D eigenvalue weighted by Crippen LogP contribution is -2.66. The monoisotopic (exact) mass is 248 g/mol. The van der Waals surface area contributed by atoms with E-state index in [4.69, 9.17) is 0 Å². The highest BCUT2D eigenvalue weighted by Gasteiger charge is 2.55. The SMILES string of the molecule is CCN(CC)S(=O)(=O)N1CC(O)(C2CC2)C1. The van der Waals surface area contributed by atoms with Crippen molar-refractivity contribution in [1.29, 1.82) is 0 Å². The maximum atomic E-state index is 12.0. The van der Waals surface area contributed by atoms with Crippen LogP contribution < -0.4 is 0 Å². The van der Waals surface area contributed by atoms with Crippen LogP contribution in [0.1, 0.15) is 26.7 Å². The second-order valence-electron chi connectivity index (χ2n) is 4.74. The van der Waals surface area contributed by atoms with Gasteiger partial charge >= 0.3 is 0 Å². The highest BCUT2D eigenvalue weighted by Crippen LogP contribution is 2.45. The summed E-state index contributed by atoms with van der Waals surface area (Å²) >= 11 is 0. The predicted octanol–water partition coefficient (Wildman–Crippen LogP) is 0.0297. The van der Waals surface area contributed by atoms with E-state index in [0.717, 1.165) is 12.8 Å². The van der Waals surface area contributed by atoms with Crippen molar-refractivity contribution in [3.05, 3.63) is 0 Å². The molecule has 0 aromatic heterocycles. The molecule has 1 saturated heterocycles. The van der Waals surface area contributed by atoms with Crippen molar-refractivity contribution in [3.8, 4) is 0 Å². The highest BCUT2D eigenvalue weighted by molar-refractivity contribution is 7.86. The van der Waals surface area contributed by atoms with Crippen LogP contribution in [0.3, 0.4) is 0 Å². The molecule has 2 rings (SSSR count). The Morgan fingerprint density at radius 1 is 1.31 bits per heavy atom. The minimum absolute atomic E-state index is 0.274. The van der Waals surface area contributed by atoms with Gasteiger partial charge in [-0.1, -0.05) is 13.8 Å². The van der Waals surface area contributed by atoms with Crippen LogP contribution in [0.25, 0.3) is 0 Å². The Morgan fingerprint density at radius 3 is 2.19 bits per heavy atom. The molecule has 1 aliphatic carbocycles. The van der Waals surface area contributed by atoms with E-state index in [9.17, 15) is 13.5 Å². The van der Waals surface area contributed by atoms with Gasteiger partial charge in [0.15, 0.2) is 0 Å². The first-order chi connectivity index (χ1) is 7.44. The quantitative estimate of drug-likeness (QED) is 0.746. The third kappa shape index (κ3) is 1.88.